The minimum atomic E-state index is 0.00520. The summed E-state index contributed by atoms with van der Waals surface area (Å²) in [7, 11) is 0. The van der Waals surface area contributed by atoms with Gasteiger partial charge in [-0.1, -0.05) is 42.5 Å². The van der Waals surface area contributed by atoms with Gasteiger partial charge in [-0.25, -0.2) is 4.79 Å². The molecule has 2 aromatic carbocycles. The third-order valence-electron chi connectivity index (χ3n) is 4.39. The van der Waals surface area contributed by atoms with Crippen LogP contribution in [0.3, 0.4) is 0 Å². The largest absolute Gasteiger partial charge is 0.368 e. The number of urea groups is 1. The molecule has 0 spiro atoms. The zero-order valence-corrected chi connectivity index (χ0v) is 13.8. The SMILES string of the molecule is NCc1ccc(CNC(=O)N2CCN(c3ccccc3)CC2)cc1. The van der Waals surface area contributed by atoms with Crippen molar-refractivity contribution in [2.45, 2.75) is 13.1 Å². The third-order valence-corrected chi connectivity index (χ3v) is 4.39. The molecule has 1 saturated heterocycles. The van der Waals surface area contributed by atoms with Gasteiger partial charge < -0.3 is 20.9 Å². The van der Waals surface area contributed by atoms with E-state index >= 15 is 0 Å². The zero-order valence-electron chi connectivity index (χ0n) is 13.8. The van der Waals surface area contributed by atoms with Crippen LogP contribution >= 0.6 is 0 Å². The summed E-state index contributed by atoms with van der Waals surface area (Å²) in [4.78, 5) is 16.5. The van der Waals surface area contributed by atoms with E-state index in [2.05, 4.69) is 22.3 Å². The van der Waals surface area contributed by atoms with Crippen molar-refractivity contribution in [1.82, 2.24) is 10.2 Å². The number of hydrogen-bond acceptors (Lipinski definition) is 3. The lowest BCUT2D eigenvalue weighted by atomic mass is 10.1. The molecule has 0 atom stereocenters. The first-order valence-corrected chi connectivity index (χ1v) is 8.37. The molecule has 1 aliphatic rings. The fraction of sp³-hybridized carbons (Fsp3) is 0.316. The van der Waals surface area contributed by atoms with Gasteiger partial charge in [0.2, 0.25) is 0 Å². The van der Waals surface area contributed by atoms with Gasteiger partial charge in [0.1, 0.15) is 0 Å². The minimum Gasteiger partial charge on any atom is -0.368 e. The molecule has 5 heteroatoms. The van der Waals surface area contributed by atoms with Crippen LogP contribution in [0.5, 0.6) is 0 Å². The van der Waals surface area contributed by atoms with Gasteiger partial charge in [0.15, 0.2) is 0 Å². The summed E-state index contributed by atoms with van der Waals surface area (Å²) in [5, 5.41) is 3.00. The average Bonchev–Trinajstić information content (AvgIpc) is 2.67. The molecule has 24 heavy (non-hydrogen) atoms. The maximum absolute atomic E-state index is 12.3. The summed E-state index contributed by atoms with van der Waals surface area (Å²) in [6.07, 6.45) is 0. The van der Waals surface area contributed by atoms with Crippen LogP contribution < -0.4 is 16.0 Å². The standard InChI is InChI=1S/C19H24N4O/c20-14-16-6-8-17(9-7-16)15-21-19(24)23-12-10-22(11-13-23)18-4-2-1-3-5-18/h1-9H,10-15,20H2,(H,21,24). The Bertz CT molecular complexity index is 649. The first-order valence-electron chi connectivity index (χ1n) is 8.37. The van der Waals surface area contributed by atoms with Gasteiger partial charge in [-0.3, -0.25) is 0 Å². The maximum atomic E-state index is 12.3. The van der Waals surface area contributed by atoms with Crippen LogP contribution in [0.25, 0.3) is 0 Å². The lowest BCUT2D eigenvalue weighted by molar-refractivity contribution is 0.194. The molecule has 0 unspecified atom stereocenters. The van der Waals surface area contributed by atoms with E-state index in [1.54, 1.807) is 0 Å². The Hall–Kier alpha value is -2.53. The maximum Gasteiger partial charge on any atom is 0.317 e. The number of nitrogens with zero attached hydrogens (tertiary/aromatic N) is 2. The number of carbonyl (C=O) groups is 1. The second-order valence-electron chi connectivity index (χ2n) is 5.99. The predicted molar refractivity (Wildman–Crippen MR) is 96.8 cm³/mol. The van der Waals surface area contributed by atoms with E-state index in [9.17, 15) is 4.79 Å². The van der Waals surface area contributed by atoms with Gasteiger partial charge in [0.05, 0.1) is 0 Å². The number of para-hydroxylation sites is 1. The van der Waals surface area contributed by atoms with Crippen molar-refractivity contribution in [1.29, 1.82) is 0 Å². The molecule has 0 aliphatic carbocycles. The highest BCUT2D eigenvalue weighted by atomic mass is 16.2. The quantitative estimate of drug-likeness (QED) is 0.906. The smallest absolute Gasteiger partial charge is 0.317 e. The van der Waals surface area contributed by atoms with Gasteiger partial charge in [-0.2, -0.15) is 0 Å². The summed E-state index contributed by atoms with van der Waals surface area (Å²) in [6.45, 7) is 4.30. The molecule has 0 saturated carbocycles. The number of hydrogen-bond donors (Lipinski definition) is 2. The molecule has 0 radical (unpaired) electrons. The van der Waals surface area contributed by atoms with Gasteiger partial charge >= 0.3 is 6.03 Å². The van der Waals surface area contributed by atoms with Crippen LogP contribution in [0.15, 0.2) is 54.6 Å². The number of nitrogens with one attached hydrogen (secondary N) is 1. The average molecular weight is 324 g/mol. The second-order valence-corrected chi connectivity index (χ2v) is 5.99. The van der Waals surface area contributed by atoms with Crippen LogP contribution in [0.4, 0.5) is 10.5 Å². The van der Waals surface area contributed by atoms with Crippen molar-refractivity contribution >= 4 is 11.7 Å². The number of nitrogens with two attached hydrogens (primary N) is 1. The third kappa shape index (κ3) is 4.06. The number of amides is 2. The predicted octanol–water partition coefficient (Wildman–Crippen LogP) is 2.18. The molecular weight excluding hydrogens is 300 g/mol. The molecule has 1 heterocycles. The molecule has 1 aliphatic heterocycles. The minimum absolute atomic E-state index is 0.00520. The van der Waals surface area contributed by atoms with Gasteiger partial charge in [-0.05, 0) is 23.3 Å². The van der Waals surface area contributed by atoms with E-state index in [-0.39, 0.29) is 6.03 Å². The van der Waals surface area contributed by atoms with E-state index in [0.717, 1.165) is 37.3 Å². The molecule has 2 amide bonds. The van der Waals surface area contributed by atoms with Crippen molar-refractivity contribution in [2.24, 2.45) is 5.73 Å². The Morgan fingerprint density at radius 1 is 0.917 bits per heavy atom. The van der Waals surface area contributed by atoms with Crippen molar-refractivity contribution in [2.75, 3.05) is 31.1 Å². The van der Waals surface area contributed by atoms with Gasteiger partial charge in [0.25, 0.3) is 0 Å². The van der Waals surface area contributed by atoms with Crippen LogP contribution in [-0.4, -0.2) is 37.1 Å². The van der Waals surface area contributed by atoms with Crippen LogP contribution in [0, 0.1) is 0 Å². The van der Waals surface area contributed by atoms with Crippen LogP contribution in [0.2, 0.25) is 0 Å². The van der Waals surface area contributed by atoms with E-state index in [1.165, 1.54) is 5.69 Å². The summed E-state index contributed by atoms with van der Waals surface area (Å²) in [5.74, 6) is 0. The molecule has 3 N–H and O–H groups in total. The molecule has 126 valence electrons. The lowest BCUT2D eigenvalue weighted by Crippen LogP contribution is -2.51. The molecule has 5 nitrogen and oxygen atoms in total. The highest BCUT2D eigenvalue weighted by Crippen LogP contribution is 2.15. The number of anilines is 1. The van der Waals surface area contributed by atoms with Crippen LogP contribution in [-0.2, 0) is 13.1 Å². The normalized spacial score (nSPS) is 14.5. The second kappa shape index (κ2) is 7.84. The lowest BCUT2D eigenvalue weighted by Gasteiger charge is -2.36. The molecular formula is C19H24N4O. The fourth-order valence-corrected chi connectivity index (χ4v) is 2.89. The van der Waals surface area contributed by atoms with E-state index in [1.807, 2.05) is 47.4 Å². The monoisotopic (exact) mass is 324 g/mol. The summed E-state index contributed by atoms with van der Waals surface area (Å²) < 4.78 is 0. The molecule has 0 bridgehead atoms. The van der Waals surface area contributed by atoms with Crippen LogP contribution in [0.1, 0.15) is 11.1 Å². The number of benzene rings is 2. The number of rotatable bonds is 4. The van der Waals surface area contributed by atoms with Crippen molar-refractivity contribution < 1.29 is 4.79 Å². The Morgan fingerprint density at radius 3 is 2.17 bits per heavy atom. The first kappa shape index (κ1) is 16.3. The van der Waals surface area contributed by atoms with Gasteiger partial charge in [-0.15, -0.1) is 0 Å². The molecule has 1 fully saturated rings. The molecule has 2 aromatic rings. The summed E-state index contributed by atoms with van der Waals surface area (Å²) in [5.41, 5.74) is 9.00. The highest BCUT2D eigenvalue weighted by molar-refractivity contribution is 5.74. The summed E-state index contributed by atoms with van der Waals surface area (Å²) in [6, 6.07) is 18.4. The Balaban J connectivity index is 1.46. The van der Waals surface area contributed by atoms with Crippen molar-refractivity contribution in [3.05, 3.63) is 65.7 Å². The number of carbonyl (C=O) groups excluding carboxylic acids is 1. The highest BCUT2D eigenvalue weighted by Gasteiger charge is 2.20. The van der Waals surface area contributed by atoms with E-state index in [4.69, 9.17) is 5.73 Å². The zero-order chi connectivity index (χ0) is 16.8. The Kier molecular flexibility index (Phi) is 5.33. The van der Waals surface area contributed by atoms with E-state index in [0.29, 0.717) is 13.1 Å². The van der Waals surface area contributed by atoms with Crippen molar-refractivity contribution in [3.8, 4) is 0 Å². The Morgan fingerprint density at radius 2 is 1.54 bits per heavy atom. The van der Waals surface area contributed by atoms with E-state index < -0.39 is 0 Å². The fourth-order valence-electron chi connectivity index (χ4n) is 2.89. The summed E-state index contributed by atoms with van der Waals surface area (Å²) >= 11 is 0. The number of piperazine rings is 1. The molecule has 3 rings (SSSR count). The molecule has 0 aromatic heterocycles. The topological polar surface area (TPSA) is 61.6 Å². The van der Waals surface area contributed by atoms with Crippen molar-refractivity contribution in [3.63, 3.8) is 0 Å². The first-order chi connectivity index (χ1) is 11.8. The van der Waals surface area contributed by atoms with Gasteiger partial charge in [0, 0.05) is 45.0 Å². The Labute approximate surface area is 143 Å².